The Kier molecular flexibility index (Phi) is 4.63. The third-order valence-corrected chi connectivity index (χ3v) is 3.96. The number of halogens is 1. The maximum absolute atomic E-state index is 11.9. The molecule has 0 saturated heterocycles. The van der Waals surface area contributed by atoms with Gasteiger partial charge in [0.05, 0.1) is 6.04 Å². The number of ether oxygens (including phenoxy) is 2. The lowest BCUT2D eigenvalue weighted by atomic mass is 10.0. The Morgan fingerprint density at radius 2 is 2.09 bits per heavy atom. The minimum atomic E-state index is -0.419. The van der Waals surface area contributed by atoms with Gasteiger partial charge in [-0.15, -0.1) is 0 Å². The van der Waals surface area contributed by atoms with E-state index in [0.29, 0.717) is 6.61 Å². The van der Waals surface area contributed by atoms with Crippen LogP contribution in [0.5, 0.6) is 5.75 Å². The van der Waals surface area contributed by atoms with Gasteiger partial charge in [0, 0.05) is 4.47 Å². The molecule has 3 rings (SSSR count). The van der Waals surface area contributed by atoms with Crippen molar-refractivity contribution < 1.29 is 14.3 Å². The SMILES string of the molecule is O=C(NC1COc2cc(Br)ccc2C1)OCc1ccccc1. The molecular formula is C17H16BrNO3. The molecule has 1 amide bonds. The summed E-state index contributed by atoms with van der Waals surface area (Å²) in [4.78, 5) is 11.9. The van der Waals surface area contributed by atoms with Crippen LogP contribution in [0.2, 0.25) is 0 Å². The van der Waals surface area contributed by atoms with Crippen molar-refractivity contribution in [2.24, 2.45) is 0 Å². The van der Waals surface area contributed by atoms with E-state index in [1.165, 1.54) is 0 Å². The molecule has 1 atom stereocenters. The van der Waals surface area contributed by atoms with Gasteiger partial charge < -0.3 is 14.8 Å². The topological polar surface area (TPSA) is 47.6 Å². The van der Waals surface area contributed by atoms with Crippen LogP contribution in [0.15, 0.2) is 53.0 Å². The fraction of sp³-hybridized carbons (Fsp3) is 0.235. The predicted molar refractivity (Wildman–Crippen MR) is 86.9 cm³/mol. The first kappa shape index (κ1) is 14.9. The van der Waals surface area contributed by atoms with E-state index in [0.717, 1.165) is 27.8 Å². The van der Waals surface area contributed by atoms with Crippen LogP contribution in [0.25, 0.3) is 0 Å². The standard InChI is InChI=1S/C17H16BrNO3/c18-14-7-6-13-8-15(11-21-16(13)9-14)19-17(20)22-10-12-4-2-1-3-5-12/h1-7,9,15H,8,10-11H2,(H,19,20). The van der Waals surface area contributed by atoms with Gasteiger partial charge in [-0.3, -0.25) is 0 Å². The lowest BCUT2D eigenvalue weighted by Crippen LogP contribution is -2.42. The van der Waals surface area contributed by atoms with Crippen LogP contribution < -0.4 is 10.1 Å². The number of hydrogen-bond donors (Lipinski definition) is 1. The van der Waals surface area contributed by atoms with E-state index >= 15 is 0 Å². The zero-order valence-electron chi connectivity index (χ0n) is 11.9. The molecule has 114 valence electrons. The van der Waals surface area contributed by atoms with Crippen LogP contribution in [0, 0.1) is 0 Å². The average molecular weight is 362 g/mol. The Hall–Kier alpha value is -2.01. The molecule has 5 heteroatoms. The summed E-state index contributed by atoms with van der Waals surface area (Å²) >= 11 is 3.42. The highest BCUT2D eigenvalue weighted by atomic mass is 79.9. The Morgan fingerprint density at radius 1 is 1.27 bits per heavy atom. The number of fused-ring (bicyclic) bond motifs is 1. The van der Waals surface area contributed by atoms with Gasteiger partial charge in [-0.05, 0) is 29.7 Å². The summed E-state index contributed by atoms with van der Waals surface area (Å²) in [5.41, 5.74) is 2.05. The van der Waals surface area contributed by atoms with Gasteiger partial charge >= 0.3 is 6.09 Å². The lowest BCUT2D eigenvalue weighted by Gasteiger charge is -2.26. The van der Waals surface area contributed by atoms with Crippen molar-refractivity contribution in [1.29, 1.82) is 0 Å². The van der Waals surface area contributed by atoms with E-state index < -0.39 is 6.09 Å². The number of hydrogen-bond acceptors (Lipinski definition) is 3. The second-order valence-corrected chi connectivity index (χ2v) is 6.09. The summed E-state index contributed by atoms with van der Waals surface area (Å²) in [5, 5.41) is 2.85. The highest BCUT2D eigenvalue weighted by Crippen LogP contribution is 2.28. The van der Waals surface area contributed by atoms with Gasteiger partial charge in [0.25, 0.3) is 0 Å². The van der Waals surface area contributed by atoms with Crippen LogP contribution in [0.1, 0.15) is 11.1 Å². The van der Waals surface area contributed by atoms with Gasteiger partial charge in [-0.2, -0.15) is 0 Å². The van der Waals surface area contributed by atoms with Gasteiger partial charge in [-0.1, -0.05) is 52.3 Å². The van der Waals surface area contributed by atoms with E-state index in [4.69, 9.17) is 9.47 Å². The zero-order chi connectivity index (χ0) is 15.4. The fourth-order valence-electron chi connectivity index (χ4n) is 2.37. The lowest BCUT2D eigenvalue weighted by molar-refractivity contribution is 0.128. The molecule has 0 aliphatic carbocycles. The average Bonchev–Trinajstić information content (AvgIpc) is 2.54. The minimum Gasteiger partial charge on any atom is -0.491 e. The van der Waals surface area contributed by atoms with Crippen LogP contribution in [-0.4, -0.2) is 18.7 Å². The molecule has 0 aromatic heterocycles. The van der Waals surface area contributed by atoms with Crippen molar-refractivity contribution in [3.8, 4) is 5.75 Å². The molecule has 2 aromatic carbocycles. The molecule has 1 heterocycles. The summed E-state index contributed by atoms with van der Waals surface area (Å²) in [6, 6.07) is 15.5. The van der Waals surface area contributed by atoms with Crippen LogP contribution in [0.3, 0.4) is 0 Å². The summed E-state index contributed by atoms with van der Waals surface area (Å²) < 4.78 is 11.9. The van der Waals surface area contributed by atoms with Gasteiger partial charge in [0.15, 0.2) is 0 Å². The van der Waals surface area contributed by atoms with Crippen LogP contribution in [0.4, 0.5) is 4.79 Å². The molecule has 0 bridgehead atoms. The molecular weight excluding hydrogens is 346 g/mol. The smallest absolute Gasteiger partial charge is 0.407 e. The maximum Gasteiger partial charge on any atom is 0.407 e. The van der Waals surface area contributed by atoms with Crippen molar-refractivity contribution in [2.75, 3.05) is 6.61 Å². The molecule has 1 aliphatic rings. The van der Waals surface area contributed by atoms with Gasteiger partial charge in [-0.25, -0.2) is 4.79 Å². The molecule has 0 fully saturated rings. The van der Waals surface area contributed by atoms with Gasteiger partial charge in [0.2, 0.25) is 0 Å². The summed E-state index contributed by atoms with van der Waals surface area (Å²) in [6.45, 7) is 0.716. The quantitative estimate of drug-likeness (QED) is 0.906. The molecule has 22 heavy (non-hydrogen) atoms. The van der Waals surface area contributed by atoms with E-state index in [9.17, 15) is 4.79 Å². The van der Waals surface area contributed by atoms with E-state index in [2.05, 4.69) is 21.2 Å². The summed E-state index contributed by atoms with van der Waals surface area (Å²) in [6.07, 6.45) is 0.321. The largest absolute Gasteiger partial charge is 0.491 e. The molecule has 1 aliphatic heterocycles. The molecule has 0 spiro atoms. The molecule has 0 saturated carbocycles. The third kappa shape index (κ3) is 3.80. The van der Waals surface area contributed by atoms with Crippen molar-refractivity contribution in [3.63, 3.8) is 0 Å². The van der Waals surface area contributed by atoms with E-state index in [1.807, 2.05) is 48.5 Å². The summed E-state index contributed by atoms with van der Waals surface area (Å²) in [5.74, 6) is 0.866. The van der Waals surface area contributed by atoms with Crippen molar-refractivity contribution in [3.05, 3.63) is 64.1 Å². The highest BCUT2D eigenvalue weighted by Gasteiger charge is 2.22. The first-order valence-corrected chi connectivity index (χ1v) is 7.88. The number of nitrogens with one attached hydrogen (secondary N) is 1. The molecule has 1 unspecified atom stereocenters. The molecule has 1 N–H and O–H groups in total. The highest BCUT2D eigenvalue weighted by molar-refractivity contribution is 9.10. The molecule has 0 radical (unpaired) electrons. The Bertz CT molecular complexity index is 660. The minimum absolute atomic E-state index is 0.0723. The Labute approximate surface area is 137 Å². The first-order chi connectivity index (χ1) is 10.7. The Morgan fingerprint density at radius 3 is 2.91 bits per heavy atom. The van der Waals surface area contributed by atoms with Crippen molar-refractivity contribution in [2.45, 2.75) is 19.1 Å². The van der Waals surface area contributed by atoms with Crippen molar-refractivity contribution in [1.82, 2.24) is 5.32 Å². The van der Waals surface area contributed by atoms with Gasteiger partial charge in [0.1, 0.15) is 19.0 Å². The normalized spacial score (nSPS) is 16.3. The maximum atomic E-state index is 11.9. The molecule has 2 aromatic rings. The third-order valence-electron chi connectivity index (χ3n) is 3.47. The second-order valence-electron chi connectivity index (χ2n) is 5.17. The van der Waals surface area contributed by atoms with Crippen LogP contribution >= 0.6 is 15.9 Å². The number of amides is 1. The number of rotatable bonds is 3. The zero-order valence-corrected chi connectivity index (χ0v) is 13.5. The van der Waals surface area contributed by atoms with Crippen molar-refractivity contribution >= 4 is 22.0 Å². The second kappa shape index (κ2) is 6.83. The van der Waals surface area contributed by atoms with E-state index in [1.54, 1.807) is 0 Å². The number of alkyl carbamates (subject to hydrolysis) is 1. The number of carbonyl (C=O) groups is 1. The monoisotopic (exact) mass is 361 g/mol. The number of carbonyl (C=O) groups excluding carboxylic acids is 1. The fourth-order valence-corrected chi connectivity index (χ4v) is 2.71. The summed E-state index contributed by atoms with van der Waals surface area (Å²) in [7, 11) is 0. The molecule has 4 nitrogen and oxygen atoms in total. The van der Waals surface area contributed by atoms with Crippen LogP contribution in [-0.2, 0) is 17.8 Å². The Balaban J connectivity index is 1.51. The predicted octanol–water partition coefficient (Wildman–Crippen LogP) is 3.68. The first-order valence-electron chi connectivity index (χ1n) is 7.09. The van der Waals surface area contributed by atoms with E-state index in [-0.39, 0.29) is 12.6 Å². The number of benzene rings is 2.